The maximum atomic E-state index is 11.6. The van der Waals surface area contributed by atoms with Crippen molar-refractivity contribution >= 4 is 5.97 Å². The number of nitrogens with one attached hydrogen (secondary N) is 1. The highest BCUT2D eigenvalue weighted by molar-refractivity contribution is 5.79. The zero-order valence-electron chi connectivity index (χ0n) is 11.4. The number of hydrogen-bond acceptors (Lipinski definition) is 5. The van der Waals surface area contributed by atoms with Gasteiger partial charge in [0, 0.05) is 5.56 Å². The van der Waals surface area contributed by atoms with Crippen LogP contribution in [0, 0.1) is 0 Å². The Balaban J connectivity index is 2.45. The average molecular weight is 277 g/mol. The first-order valence-corrected chi connectivity index (χ1v) is 6.02. The Morgan fingerprint density at radius 1 is 1.25 bits per heavy atom. The first-order chi connectivity index (χ1) is 9.56. The van der Waals surface area contributed by atoms with Gasteiger partial charge >= 0.3 is 11.7 Å². The fraction of sp³-hybridized carbons (Fsp3) is 0.286. The van der Waals surface area contributed by atoms with E-state index in [2.05, 4.69) is 9.72 Å². The molecule has 0 saturated heterocycles. The normalized spacial score (nSPS) is 11.9. The zero-order chi connectivity index (χ0) is 14.7. The van der Waals surface area contributed by atoms with Crippen LogP contribution in [0.1, 0.15) is 18.6 Å². The van der Waals surface area contributed by atoms with Crippen LogP contribution in [0.4, 0.5) is 0 Å². The standard InChI is InChI=1S/C14H15NO5/c1-8(13(16)19-3)12-11(15-14(17)20-12)9-4-6-10(18-2)7-5-9/h4-8H,1-3H3,(H,15,17). The van der Waals surface area contributed by atoms with Crippen molar-refractivity contribution in [3.8, 4) is 17.0 Å². The molecule has 1 aromatic carbocycles. The molecule has 1 heterocycles. The molecule has 0 fully saturated rings. The van der Waals surface area contributed by atoms with E-state index in [1.807, 2.05) is 0 Å². The minimum Gasteiger partial charge on any atom is -0.497 e. The molecule has 0 amide bonds. The van der Waals surface area contributed by atoms with Crippen molar-refractivity contribution in [3.05, 3.63) is 40.6 Å². The molecule has 1 N–H and O–H groups in total. The molecule has 106 valence electrons. The topological polar surface area (TPSA) is 81.5 Å². The molecule has 0 bridgehead atoms. The third-order valence-corrected chi connectivity index (χ3v) is 3.00. The van der Waals surface area contributed by atoms with E-state index >= 15 is 0 Å². The third kappa shape index (κ3) is 2.59. The van der Waals surface area contributed by atoms with Crippen molar-refractivity contribution in [2.24, 2.45) is 0 Å². The maximum Gasteiger partial charge on any atom is 0.416 e. The van der Waals surface area contributed by atoms with Gasteiger partial charge in [-0.05, 0) is 31.2 Å². The number of methoxy groups -OCH3 is 2. The second kappa shape index (κ2) is 5.64. The Morgan fingerprint density at radius 3 is 2.45 bits per heavy atom. The summed E-state index contributed by atoms with van der Waals surface area (Å²) in [6.07, 6.45) is 0. The lowest BCUT2D eigenvalue weighted by molar-refractivity contribution is -0.142. The number of ether oxygens (including phenoxy) is 2. The van der Waals surface area contributed by atoms with Crippen LogP contribution in [0.5, 0.6) is 5.75 Å². The summed E-state index contributed by atoms with van der Waals surface area (Å²) >= 11 is 0. The van der Waals surface area contributed by atoms with Crippen molar-refractivity contribution < 1.29 is 18.7 Å². The summed E-state index contributed by atoms with van der Waals surface area (Å²) in [7, 11) is 2.86. The van der Waals surface area contributed by atoms with Crippen LogP contribution >= 0.6 is 0 Å². The molecular weight excluding hydrogens is 262 g/mol. The molecule has 20 heavy (non-hydrogen) atoms. The van der Waals surface area contributed by atoms with Crippen LogP contribution in [0.25, 0.3) is 11.3 Å². The van der Waals surface area contributed by atoms with Crippen molar-refractivity contribution in [1.29, 1.82) is 0 Å². The first kappa shape index (κ1) is 13.9. The molecule has 0 aliphatic carbocycles. The van der Waals surface area contributed by atoms with Gasteiger partial charge in [0.15, 0.2) is 0 Å². The molecule has 0 saturated carbocycles. The molecule has 1 unspecified atom stereocenters. The summed E-state index contributed by atoms with van der Waals surface area (Å²) in [6, 6.07) is 7.06. The minimum absolute atomic E-state index is 0.256. The number of carbonyl (C=O) groups excluding carboxylic acids is 1. The molecule has 2 aromatic rings. The summed E-state index contributed by atoms with van der Waals surface area (Å²) in [6.45, 7) is 1.62. The summed E-state index contributed by atoms with van der Waals surface area (Å²) in [5.41, 5.74) is 1.19. The number of hydrogen-bond donors (Lipinski definition) is 1. The largest absolute Gasteiger partial charge is 0.497 e. The maximum absolute atomic E-state index is 11.6. The van der Waals surface area contributed by atoms with E-state index in [1.54, 1.807) is 38.3 Å². The Labute approximate surface area is 115 Å². The number of aromatic nitrogens is 1. The molecule has 0 radical (unpaired) electrons. The van der Waals surface area contributed by atoms with Crippen molar-refractivity contribution in [1.82, 2.24) is 4.98 Å². The Kier molecular flexibility index (Phi) is 3.93. The molecular formula is C14H15NO5. The van der Waals surface area contributed by atoms with Crippen LogP contribution in [0.15, 0.2) is 33.5 Å². The van der Waals surface area contributed by atoms with E-state index in [0.717, 1.165) is 5.56 Å². The fourth-order valence-corrected chi connectivity index (χ4v) is 1.90. The molecule has 6 nitrogen and oxygen atoms in total. The van der Waals surface area contributed by atoms with Crippen molar-refractivity contribution in [3.63, 3.8) is 0 Å². The fourth-order valence-electron chi connectivity index (χ4n) is 1.90. The molecule has 0 aliphatic heterocycles. The smallest absolute Gasteiger partial charge is 0.416 e. The highest BCUT2D eigenvalue weighted by Gasteiger charge is 2.25. The summed E-state index contributed by atoms with van der Waals surface area (Å²) in [5, 5.41) is 0. The van der Waals surface area contributed by atoms with Gasteiger partial charge in [-0.25, -0.2) is 4.79 Å². The first-order valence-electron chi connectivity index (χ1n) is 6.02. The van der Waals surface area contributed by atoms with E-state index in [9.17, 15) is 9.59 Å². The molecule has 1 atom stereocenters. The van der Waals surface area contributed by atoms with Crippen LogP contribution in [0.3, 0.4) is 0 Å². The van der Waals surface area contributed by atoms with Crippen LogP contribution in [-0.4, -0.2) is 25.2 Å². The number of rotatable bonds is 4. The number of H-pyrrole nitrogens is 1. The monoisotopic (exact) mass is 277 g/mol. The molecule has 0 aliphatic rings. The van der Waals surface area contributed by atoms with E-state index in [4.69, 9.17) is 9.15 Å². The number of oxazole rings is 1. The lowest BCUT2D eigenvalue weighted by Gasteiger charge is -2.08. The summed E-state index contributed by atoms with van der Waals surface area (Å²) in [5.74, 6) is -0.797. The zero-order valence-corrected chi connectivity index (χ0v) is 11.4. The highest BCUT2D eigenvalue weighted by atomic mass is 16.5. The van der Waals surface area contributed by atoms with E-state index in [1.165, 1.54) is 7.11 Å². The van der Waals surface area contributed by atoms with Gasteiger partial charge in [-0.2, -0.15) is 0 Å². The van der Waals surface area contributed by atoms with Gasteiger partial charge in [0.1, 0.15) is 17.4 Å². The van der Waals surface area contributed by atoms with Gasteiger partial charge in [0.2, 0.25) is 0 Å². The van der Waals surface area contributed by atoms with Gasteiger partial charge in [-0.3, -0.25) is 9.78 Å². The number of benzene rings is 1. The van der Waals surface area contributed by atoms with E-state index in [-0.39, 0.29) is 5.76 Å². The molecule has 2 rings (SSSR count). The van der Waals surface area contributed by atoms with Gasteiger partial charge in [-0.1, -0.05) is 0 Å². The highest BCUT2D eigenvalue weighted by Crippen LogP contribution is 2.28. The van der Waals surface area contributed by atoms with Crippen LogP contribution in [0.2, 0.25) is 0 Å². The van der Waals surface area contributed by atoms with Gasteiger partial charge < -0.3 is 13.9 Å². The third-order valence-electron chi connectivity index (χ3n) is 3.00. The average Bonchev–Trinajstić information content (AvgIpc) is 2.87. The predicted molar refractivity (Wildman–Crippen MR) is 71.7 cm³/mol. The van der Waals surface area contributed by atoms with Crippen molar-refractivity contribution in [2.45, 2.75) is 12.8 Å². The number of aromatic amines is 1. The lowest BCUT2D eigenvalue weighted by atomic mass is 10.0. The molecule has 6 heteroatoms. The number of carbonyl (C=O) groups is 1. The van der Waals surface area contributed by atoms with Crippen molar-refractivity contribution in [2.75, 3.05) is 14.2 Å². The number of esters is 1. The van der Waals surface area contributed by atoms with E-state index < -0.39 is 17.6 Å². The van der Waals surface area contributed by atoms with E-state index in [0.29, 0.717) is 11.4 Å². The Hall–Kier alpha value is -2.50. The van der Waals surface area contributed by atoms with Crippen LogP contribution in [-0.2, 0) is 9.53 Å². The SMILES string of the molecule is COC(=O)C(C)c1oc(=O)[nH]c1-c1ccc(OC)cc1. The predicted octanol–water partition coefficient (Wildman–Crippen LogP) is 1.92. The molecule has 1 aromatic heterocycles. The quantitative estimate of drug-likeness (QED) is 0.863. The minimum atomic E-state index is -0.670. The summed E-state index contributed by atoms with van der Waals surface area (Å²) in [4.78, 5) is 25.6. The Morgan fingerprint density at radius 2 is 1.90 bits per heavy atom. The van der Waals surface area contributed by atoms with Gasteiger partial charge in [-0.15, -0.1) is 0 Å². The van der Waals surface area contributed by atoms with Gasteiger partial charge in [0.05, 0.1) is 19.9 Å². The second-order valence-electron chi connectivity index (χ2n) is 4.23. The van der Waals surface area contributed by atoms with Gasteiger partial charge in [0.25, 0.3) is 0 Å². The second-order valence-corrected chi connectivity index (χ2v) is 4.23. The summed E-state index contributed by atoms with van der Waals surface area (Å²) < 4.78 is 14.8. The lowest BCUT2D eigenvalue weighted by Crippen LogP contribution is -2.11. The molecule has 0 spiro atoms. The Bertz CT molecular complexity index is 653. The van der Waals surface area contributed by atoms with Crippen LogP contribution < -0.4 is 10.5 Å².